The van der Waals surface area contributed by atoms with Crippen molar-refractivity contribution in [3.63, 3.8) is 0 Å². The lowest BCUT2D eigenvalue weighted by atomic mass is 10.1. The third-order valence-electron chi connectivity index (χ3n) is 3.88. The molecule has 0 radical (unpaired) electrons. The molecule has 0 N–H and O–H groups in total. The van der Waals surface area contributed by atoms with Crippen molar-refractivity contribution in [3.05, 3.63) is 47.0 Å². The number of hydrogen-bond acceptors (Lipinski definition) is 6. The van der Waals surface area contributed by atoms with Crippen molar-refractivity contribution in [3.8, 4) is 0 Å². The average Bonchev–Trinajstić information content (AvgIpc) is 3.20. The predicted octanol–water partition coefficient (Wildman–Crippen LogP) is 2.81. The topological polar surface area (TPSA) is 68.5 Å². The molecular formula is C16H15N3O3S. The van der Waals surface area contributed by atoms with Crippen LogP contribution in [0.5, 0.6) is 0 Å². The van der Waals surface area contributed by atoms with E-state index in [1.165, 1.54) is 0 Å². The first-order chi connectivity index (χ1) is 11.2. The van der Waals surface area contributed by atoms with Gasteiger partial charge in [0.05, 0.1) is 18.7 Å². The first kappa shape index (κ1) is 14.3. The molecule has 6 nitrogen and oxygen atoms in total. The van der Waals surface area contributed by atoms with Crippen LogP contribution in [0.2, 0.25) is 0 Å². The van der Waals surface area contributed by atoms with Crippen molar-refractivity contribution in [2.75, 3.05) is 19.7 Å². The van der Waals surface area contributed by atoms with Crippen LogP contribution in [0.1, 0.15) is 28.2 Å². The summed E-state index contributed by atoms with van der Waals surface area (Å²) in [5, 5.41) is 10.7. The zero-order valence-corrected chi connectivity index (χ0v) is 13.4. The van der Waals surface area contributed by atoms with Crippen LogP contribution in [0.3, 0.4) is 0 Å². The summed E-state index contributed by atoms with van der Waals surface area (Å²) in [4.78, 5) is 14.7. The monoisotopic (exact) mass is 329 g/mol. The lowest BCUT2D eigenvalue weighted by Gasteiger charge is -2.31. The maximum absolute atomic E-state index is 12.9. The number of thiophene rings is 1. The van der Waals surface area contributed by atoms with E-state index in [-0.39, 0.29) is 12.0 Å². The fourth-order valence-electron chi connectivity index (χ4n) is 2.74. The number of hydrogen-bond donors (Lipinski definition) is 0. The van der Waals surface area contributed by atoms with E-state index in [4.69, 9.17) is 9.15 Å². The molecule has 1 saturated heterocycles. The van der Waals surface area contributed by atoms with Crippen LogP contribution in [0.25, 0.3) is 10.1 Å². The lowest BCUT2D eigenvalue weighted by molar-refractivity contribution is -0.0348. The minimum atomic E-state index is -0.362. The number of carbonyl (C=O) groups excluding carboxylic acids is 1. The number of morpholine rings is 1. The summed E-state index contributed by atoms with van der Waals surface area (Å²) in [7, 11) is 0. The van der Waals surface area contributed by atoms with Gasteiger partial charge < -0.3 is 14.1 Å². The minimum absolute atomic E-state index is 0.0204. The van der Waals surface area contributed by atoms with Crippen molar-refractivity contribution in [2.45, 2.75) is 13.0 Å². The number of benzene rings is 1. The Morgan fingerprint density at radius 1 is 1.35 bits per heavy atom. The number of aromatic nitrogens is 2. The fourth-order valence-corrected chi connectivity index (χ4v) is 3.67. The van der Waals surface area contributed by atoms with Crippen LogP contribution < -0.4 is 0 Å². The first-order valence-electron chi connectivity index (χ1n) is 7.39. The van der Waals surface area contributed by atoms with Crippen LogP contribution in [0, 0.1) is 6.92 Å². The van der Waals surface area contributed by atoms with E-state index in [2.05, 4.69) is 10.2 Å². The Kier molecular flexibility index (Phi) is 3.59. The van der Waals surface area contributed by atoms with Gasteiger partial charge in [0.1, 0.15) is 0 Å². The predicted molar refractivity (Wildman–Crippen MR) is 85.5 cm³/mol. The molecule has 1 aromatic carbocycles. The number of rotatable bonds is 2. The Morgan fingerprint density at radius 3 is 3.04 bits per heavy atom. The quantitative estimate of drug-likeness (QED) is 0.723. The molecule has 3 aromatic rings. The Hall–Kier alpha value is -2.25. The van der Waals surface area contributed by atoms with Gasteiger partial charge in [0.25, 0.3) is 5.91 Å². The van der Waals surface area contributed by atoms with Crippen LogP contribution >= 0.6 is 11.3 Å². The number of ether oxygens (including phenoxy) is 1. The van der Waals surface area contributed by atoms with Gasteiger partial charge in [0, 0.05) is 28.9 Å². The molecule has 3 heterocycles. The normalized spacial score (nSPS) is 18.5. The van der Waals surface area contributed by atoms with E-state index in [1.54, 1.807) is 23.2 Å². The highest BCUT2D eigenvalue weighted by atomic mass is 32.1. The zero-order chi connectivity index (χ0) is 15.8. The second kappa shape index (κ2) is 5.75. The zero-order valence-electron chi connectivity index (χ0n) is 12.6. The van der Waals surface area contributed by atoms with Gasteiger partial charge in [-0.3, -0.25) is 4.79 Å². The van der Waals surface area contributed by atoms with Crippen LogP contribution in [-0.2, 0) is 4.74 Å². The van der Waals surface area contributed by atoms with E-state index >= 15 is 0 Å². The Morgan fingerprint density at radius 2 is 2.22 bits per heavy atom. The molecule has 1 aliphatic rings. The standard InChI is InChI=1S/C16H15N3O3S/c1-10-17-18-15(22-10)13-8-19(6-7-21-13)16(20)12-9-23-14-5-3-2-4-11(12)14/h2-5,9,13H,6-8H2,1H3. The molecule has 1 aliphatic heterocycles. The van der Waals surface area contributed by atoms with Gasteiger partial charge in [-0.2, -0.15) is 0 Å². The Balaban J connectivity index is 1.58. The van der Waals surface area contributed by atoms with Crippen molar-refractivity contribution in [2.24, 2.45) is 0 Å². The summed E-state index contributed by atoms with van der Waals surface area (Å²) in [5.41, 5.74) is 0.743. The molecule has 1 atom stereocenters. The molecule has 0 saturated carbocycles. The molecule has 7 heteroatoms. The second-order valence-corrected chi connectivity index (χ2v) is 6.33. The third kappa shape index (κ3) is 2.62. The van der Waals surface area contributed by atoms with Gasteiger partial charge >= 0.3 is 0 Å². The Labute approximate surface area is 136 Å². The summed E-state index contributed by atoms with van der Waals surface area (Å²) in [5.74, 6) is 0.943. The molecule has 4 rings (SSSR count). The minimum Gasteiger partial charge on any atom is -0.423 e. The molecule has 0 bridgehead atoms. The Bertz CT molecular complexity index is 857. The van der Waals surface area contributed by atoms with Crippen molar-refractivity contribution in [1.29, 1.82) is 0 Å². The van der Waals surface area contributed by atoms with E-state index in [1.807, 2.05) is 29.6 Å². The molecule has 1 amide bonds. The highest BCUT2D eigenvalue weighted by Gasteiger charge is 2.30. The largest absolute Gasteiger partial charge is 0.423 e. The maximum atomic E-state index is 12.9. The number of carbonyl (C=O) groups is 1. The maximum Gasteiger partial charge on any atom is 0.255 e. The van der Waals surface area contributed by atoms with Gasteiger partial charge in [-0.15, -0.1) is 21.5 Å². The summed E-state index contributed by atoms with van der Waals surface area (Å²) in [6, 6.07) is 7.95. The average molecular weight is 329 g/mol. The highest BCUT2D eigenvalue weighted by Crippen LogP contribution is 2.28. The first-order valence-corrected chi connectivity index (χ1v) is 8.27. The fraction of sp³-hybridized carbons (Fsp3) is 0.312. The second-order valence-electron chi connectivity index (χ2n) is 5.42. The number of amides is 1. The van der Waals surface area contributed by atoms with Crippen molar-refractivity contribution >= 4 is 27.3 Å². The van der Waals surface area contributed by atoms with Crippen LogP contribution in [0.4, 0.5) is 0 Å². The summed E-state index contributed by atoms with van der Waals surface area (Å²) >= 11 is 1.59. The van der Waals surface area contributed by atoms with Gasteiger partial charge in [-0.05, 0) is 6.07 Å². The van der Waals surface area contributed by atoms with Gasteiger partial charge in [0.15, 0.2) is 6.10 Å². The summed E-state index contributed by atoms with van der Waals surface area (Å²) in [6.45, 7) is 3.18. The molecule has 1 unspecified atom stereocenters. The summed E-state index contributed by atoms with van der Waals surface area (Å²) in [6.07, 6.45) is -0.362. The van der Waals surface area contributed by atoms with Crippen molar-refractivity contribution < 1.29 is 13.9 Å². The number of aryl methyl sites for hydroxylation is 1. The highest BCUT2D eigenvalue weighted by molar-refractivity contribution is 7.17. The molecular weight excluding hydrogens is 314 g/mol. The van der Waals surface area contributed by atoms with Gasteiger partial charge in [-0.1, -0.05) is 18.2 Å². The van der Waals surface area contributed by atoms with E-state index < -0.39 is 0 Å². The molecule has 23 heavy (non-hydrogen) atoms. The van der Waals surface area contributed by atoms with E-state index in [9.17, 15) is 4.79 Å². The van der Waals surface area contributed by atoms with Gasteiger partial charge in [-0.25, -0.2) is 0 Å². The molecule has 2 aromatic heterocycles. The molecule has 1 fully saturated rings. The van der Waals surface area contributed by atoms with E-state index in [0.717, 1.165) is 15.6 Å². The SMILES string of the molecule is Cc1nnc(C2CN(C(=O)c3csc4ccccc34)CCO2)o1. The molecule has 118 valence electrons. The lowest BCUT2D eigenvalue weighted by Crippen LogP contribution is -2.42. The van der Waals surface area contributed by atoms with Crippen LogP contribution in [-0.4, -0.2) is 40.7 Å². The smallest absolute Gasteiger partial charge is 0.255 e. The van der Waals surface area contributed by atoms with Crippen LogP contribution in [0.15, 0.2) is 34.1 Å². The van der Waals surface area contributed by atoms with Crippen molar-refractivity contribution in [1.82, 2.24) is 15.1 Å². The summed E-state index contributed by atoms with van der Waals surface area (Å²) < 4.78 is 12.2. The molecule has 0 aliphatic carbocycles. The number of nitrogens with zero attached hydrogens (tertiary/aromatic N) is 3. The number of fused-ring (bicyclic) bond motifs is 1. The van der Waals surface area contributed by atoms with E-state index in [0.29, 0.717) is 31.5 Å². The van der Waals surface area contributed by atoms with Gasteiger partial charge in [0.2, 0.25) is 11.8 Å². The third-order valence-corrected chi connectivity index (χ3v) is 4.85. The molecule has 0 spiro atoms.